The third-order valence-corrected chi connectivity index (χ3v) is 2.74. The van der Waals surface area contributed by atoms with Gasteiger partial charge in [0.25, 0.3) is 5.91 Å². The molecule has 1 aromatic rings. The molecule has 0 aromatic heterocycles. The molecule has 0 fully saturated rings. The Morgan fingerprint density at radius 1 is 1.37 bits per heavy atom. The molecule has 106 valence electrons. The van der Waals surface area contributed by atoms with Crippen molar-refractivity contribution in [2.75, 3.05) is 19.8 Å². The maximum Gasteiger partial charge on any atom is 0.260 e. The van der Waals surface area contributed by atoms with Crippen molar-refractivity contribution in [3.8, 4) is 5.75 Å². The second-order valence-corrected chi connectivity index (χ2v) is 4.37. The average Bonchev–Trinajstić information content (AvgIpc) is 2.41. The summed E-state index contributed by atoms with van der Waals surface area (Å²) >= 11 is 0. The van der Waals surface area contributed by atoms with Gasteiger partial charge in [-0.2, -0.15) is 0 Å². The predicted octanol–water partition coefficient (Wildman–Crippen LogP) is 2.31. The van der Waals surface area contributed by atoms with E-state index in [2.05, 4.69) is 5.32 Å². The fourth-order valence-electron chi connectivity index (χ4n) is 1.61. The molecule has 4 heteroatoms. The number of hydrogen-bond donors (Lipinski definition) is 1. The van der Waals surface area contributed by atoms with Crippen molar-refractivity contribution < 1.29 is 14.3 Å². The van der Waals surface area contributed by atoms with Gasteiger partial charge in [-0.15, -0.1) is 0 Å². The quantitative estimate of drug-likeness (QED) is 0.734. The van der Waals surface area contributed by atoms with E-state index >= 15 is 0 Å². The number of amides is 1. The van der Waals surface area contributed by atoms with Crippen LogP contribution in [0.4, 0.5) is 0 Å². The number of rotatable bonds is 8. The molecule has 1 N–H and O–H groups in total. The average molecular weight is 265 g/mol. The normalized spacial score (nSPS) is 11.9. The Hall–Kier alpha value is -1.55. The van der Waals surface area contributed by atoms with E-state index in [1.54, 1.807) is 6.92 Å². The van der Waals surface area contributed by atoms with Crippen molar-refractivity contribution in [1.29, 1.82) is 0 Å². The lowest BCUT2D eigenvalue weighted by molar-refractivity contribution is -0.127. The maximum absolute atomic E-state index is 11.8. The van der Waals surface area contributed by atoms with Gasteiger partial charge in [0.2, 0.25) is 0 Å². The van der Waals surface area contributed by atoms with Gasteiger partial charge in [0, 0.05) is 19.8 Å². The minimum absolute atomic E-state index is 0.0975. The minimum atomic E-state index is -0.492. The van der Waals surface area contributed by atoms with Gasteiger partial charge in [-0.1, -0.05) is 18.2 Å². The van der Waals surface area contributed by atoms with Crippen molar-refractivity contribution in [1.82, 2.24) is 5.32 Å². The lowest BCUT2D eigenvalue weighted by atomic mass is 10.2. The van der Waals surface area contributed by atoms with Crippen LogP contribution in [0.3, 0.4) is 0 Å². The summed E-state index contributed by atoms with van der Waals surface area (Å²) in [7, 11) is 0. The number of para-hydroxylation sites is 1. The van der Waals surface area contributed by atoms with Gasteiger partial charge in [0.1, 0.15) is 5.75 Å². The van der Waals surface area contributed by atoms with Crippen molar-refractivity contribution in [3.05, 3.63) is 29.8 Å². The van der Waals surface area contributed by atoms with Gasteiger partial charge in [-0.05, 0) is 38.8 Å². The standard InChI is InChI=1S/C15H23NO3/c1-4-18-11-7-10-16-15(17)13(3)19-14-9-6-5-8-12(14)2/h5-6,8-9,13H,4,7,10-11H2,1-3H3,(H,16,17). The molecule has 0 radical (unpaired) electrons. The van der Waals surface area contributed by atoms with Crippen LogP contribution in [0.15, 0.2) is 24.3 Å². The molecule has 0 saturated carbocycles. The highest BCUT2D eigenvalue weighted by Gasteiger charge is 2.14. The molecule has 19 heavy (non-hydrogen) atoms. The number of nitrogens with one attached hydrogen (secondary N) is 1. The van der Waals surface area contributed by atoms with Crippen LogP contribution in [0.5, 0.6) is 5.75 Å². The van der Waals surface area contributed by atoms with Crippen LogP contribution in [-0.4, -0.2) is 31.8 Å². The van der Waals surface area contributed by atoms with E-state index in [0.717, 1.165) is 17.7 Å². The summed E-state index contributed by atoms with van der Waals surface area (Å²) < 4.78 is 10.8. The van der Waals surface area contributed by atoms with E-state index in [0.29, 0.717) is 19.8 Å². The Kier molecular flexibility index (Phi) is 6.97. The Bertz CT molecular complexity index is 393. The molecule has 1 aromatic carbocycles. The second-order valence-electron chi connectivity index (χ2n) is 4.37. The first kappa shape index (κ1) is 15.5. The monoisotopic (exact) mass is 265 g/mol. The molecule has 0 aliphatic heterocycles. The van der Waals surface area contributed by atoms with E-state index in [1.165, 1.54) is 0 Å². The van der Waals surface area contributed by atoms with Gasteiger partial charge in [0.05, 0.1) is 0 Å². The molecule has 0 spiro atoms. The minimum Gasteiger partial charge on any atom is -0.481 e. The maximum atomic E-state index is 11.8. The predicted molar refractivity (Wildman–Crippen MR) is 75.4 cm³/mol. The van der Waals surface area contributed by atoms with E-state index in [9.17, 15) is 4.79 Å². The molecule has 0 heterocycles. The van der Waals surface area contributed by atoms with Crippen LogP contribution in [0.25, 0.3) is 0 Å². The Labute approximate surface area is 115 Å². The first-order valence-corrected chi connectivity index (χ1v) is 6.73. The Balaban J connectivity index is 2.31. The molecule has 0 bridgehead atoms. The lowest BCUT2D eigenvalue weighted by Crippen LogP contribution is -2.37. The van der Waals surface area contributed by atoms with Crippen LogP contribution in [0.2, 0.25) is 0 Å². The summed E-state index contributed by atoms with van der Waals surface area (Å²) in [6.07, 6.45) is 0.324. The molecule has 1 atom stereocenters. The fourth-order valence-corrected chi connectivity index (χ4v) is 1.61. The summed E-state index contributed by atoms with van der Waals surface area (Å²) in [5, 5.41) is 2.84. The largest absolute Gasteiger partial charge is 0.481 e. The van der Waals surface area contributed by atoms with Crippen molar-refractivity contribution in [3.63, 3.8) is 0 Å². The number of benzene rings is 1. The van der Waals surface area contributed by atoms with Crippen molar-refractivity contribution in [2.45, 2.75) is 33.3 Å². The molecular formula is C15H23NO3. The van der Waals surface area contributed by atoms with Gasteiger partial charge in [-0.25, -0.2) is 0 Å². The molecule has 1 rings (SSSR count). The first-order valence-electron chi connectivity index (χ1n) is 6.73. The molecular weight excluding hydrogens is 242 g/mol. The SMILES string of the molecule is CCOCCCNC(=O)C(C)Oc1ccccc1C. The van der Waals surface area contributed by atoms with Crippen LogP contribution >= 0.6 is 0 Å². The zero-order valence-electron chi connectivity index (χ0n) is 11.9. The van der Waals surface area contributed by atoms with Gasteiger partial charge in [-0.3, -0.25) is 4.79 Å². The molecule has 0 aliphatic carbocycles. The Morgan fingerprint density at radius 3 is 2.79 bits per heavy atom. The molecule has 1 amide bonds. The lowest BCUT2D eigenvalue weighted by Gasteiger charge is -2.16. The molecule has 0 saturated heterocycles. The summed E-state index contributed by atoms with van der Waals surface area (Å²) in [4.78, 5) is 11.8. The number of carbonyl (C=O) groups excluding carboxylic acids is 1. The van der Waals surface area contributed by atoms with Crippen molar-refractivity contribution >= 4 is 5.91 Å². The third-order valence-electron chi connectivity index (χ3n) is 2.74. The smallest absolute Gasteiger partial charge is 0.260 e. The zero-order valence-corrected chi connectivity index (χ0v) is 11.9. The van der Waals surface area contributed by atoms with Gasteiger partial charge < -0.3 is 14.8 Å². The summed E-state index contributed by atoms with van der Waals surface area (Å²) in [5.41, 5.74) is 1.03. The fraction of sp³-hybridized carbons (Fsp3) is 0.533. The highest BCUT2D eigenvalue weighted by atomic mass is 16.5. The van der Waals surface area contributed by atoms with E-state index in [1.807, 2.05) is 38.1 Å². The zero-order chi connectivity index (χ0) is 14.1. The number of aryl methyl sites for hydroxylation is 1. The van der Waals surface area contributed by atoms with Gasteiger partial charge >= 0.3 is 0 Å². The van der Waals surface area contributed by atoms with E-state index in [4.69, 9.17) is 9.47 Å². The highest BCUT2D eigenvalue weighted by Crippen LogP contribution is 2.17. The Morgan fingerprint density at radius 2 is 2.11 bits per heavy atom. The van der Waals surface area contributed by atoms with Crippen LogP contribution in [0, 0.1) is 6.92 Å². The van der Waals surface area contributed by atoms with Gasteiger partial charge in [0.15, 0.2) is 6.10 Å². The number of ether oxygens (including phenoxy) is 2. The topological polar surface area (TPSA) is 47.6 Å². The van der Waals surface area contributed by atoms with Crippen LogP contribution in [0.1, 0.15) is 25.8 Å². The number of carbonyl (C=O) groups is 1. The summed E-state index contributed by atoms with van der Waals surface area (Å²) in [5.74, 6) is 0.652. The summed E-state index contributed by atoms with van der Waals surface area (Å²) in [6, 6.07) is 7.67. The van der Waals surface area contributed by atoms with Crippen LogP contribution in [-0.2, 0) is 9.53 Å². The summed E-state index contributed by atoms with van der Waals surface area (Å²) in [6.45, 7) is 7.66. The highest BCUT2D eigenvalue weighted by molar-refractivity contribution is 5.80. The second kappa shape index (κ2) is 8.53. The van der Waals surface area contributed by atoms with Crippen LogP contribution < -0.4 is 10.1 Å². The number of hydrogen-bond acceptors (Lipinski definition) is 3. The molecule has 1 unspecified atom stereocenters. The van der Waals surface area contributed by atoms with E-state index < -0.39 is 6.10 Å². The molecule has 4 nitrogen and oxygen atoms in total. The third kappa shape index (κ3) is 5.75. The molecule has 0 aliphatic rings. The first-order chi connectivity index (χ1) is 9.15. The van der Waals surface area contributed by atoms with E-state index in [-0.39, 0.29) is 5.91 Å². The van der Waals surface area contributed by atoms with Crippen molar-refractivity contribution in [2.24, 2.45) is 0 Å².